The van der Waals surface area contributed by atoms with Crippen molar-refractivity contribution in [3.63, 3.8) is 0 Å². The number of fused-ring (bicyclic) bond motifs is 1. The number of nitrogens with one attached hydrogen (secondary N) is 1. The molecule has 2 aliphatic heterocycles. The summed E-state index contributed by atoms with van der Waals surface area (Å²) in [5.41, 5.74) is 7.97. The van der Waals surface area contributed by atoms with Crippen LogP contribution in [-0.2, 0) is 30.7 Å². The molecule has 4 N–H and O–H groups in total. The fraction of sp³-hybridized carbons (Fsp3) is 0.552. The third-order valence-electron chi connectivity index (χ3n) is 7.39. The number of nitrogens with zero attached hydrogens (tertiary/aromatic N) is 2. The summed E-state index contributed by atoms with van der Waals surface area (Å²) in [6.45, 7) is 4.55. The second kappa shape index (κ2) is 13.4. The van der Waals surface area contributed by atoms with E-state index in [4.69, 9.17) is 19.9 Å². The summed E-state index contributed by atoms with van der Waals surface area (Å²) in [7, 11) is -0.439. The number of anilines is 2. The molecule has 0 aromatic heterocycles. The highest BCUT2D eigenvalue weighted by Crippen LogP contribution is 2.33. The van der Waals surface area contributed by atoms with E-state index in [0.717, 1.165) is 12.0 Å². The van der Waals surface area contributed by atoms with Crippen molar-refractivity contribution < 1.29 is 32.5 Å². The second-order valence-corrected chi connectivity index (χ2v) is 13.2. The molecule has 0 aliphatic carbocycles. The quantitative estimate of drug-likeness (QED) is 0.318. The molecule has 2 aliphatic rings. The van der Waals surface area contributed by atoms with Crippen LogP contribution < -0.4 is 16.0 Å². The highest BCUT2D eigenvalue weighted by Gasteiger charge is 2.44. The maximum atomic E-state index is 13.8. The summed E-state index contributed by atoms with van der Waals surface area (Å²) < 4.78 is 45.7. The zero-order chi connectivity index (χ0) is 29.7. The van der Waals surface area contributed by atoms with Crippen LogP contribution in [0.5, 0.6) is 0 Å². The molecule has 0 bridgehead atoms. The van der Waals surface area contributed by atoms with E-state index >= 15 is 0 Å². The number of aliphatic hydroxyl groups excluding tert-OH is 1. The first-order chi connectivity index (χ1) is 19.5. The molecule has 0 unspecified atom stereocenters. The van der Waals surface area contributed by atoms with Gasteiger partial charge >= 0.3 is 6.09 Å². The molecule has 2 fully saturated rings. The predicted molar refractivity (Wildman–Crippen MR) is 156 cm³/mol. The summed E-state index contributed by atoms with van der Waals surface area (Å²) >= 11 is 0. The van der Waals surface area contributed by atoms with Gasteiger partial charge in [0.15, 0.2) is 6.29 Å². The number of nitrogens with two attached hydrogens (primary N) is 1. The van der Waals surface area contributed by atoms with Crippen LogP contribution >= 0.6 is 0 Å². The van der Waals surface area contributed by atoms with E-state index in [1.807, 2.05) is 44.2 Å². The van der Waals surface area contributed by atoms with Crippen LogP contribution in [0.4, 0.5) is 16.2 Å². The lowest BCUT2D eigenvalue weighted by molar-refractivity contribution is -0.0907. The van der Waals surface area contributed by atoms with Crippen molar-refractivity contribution in [1.82, 2.24) is 9.62 Å². The summed E-state index contributed by atoms with van der Waals surface area (Å²) in [6, 6.07) is 13.1. The number of ether oxygens (including phenoxy) is 3. The lowest BCUT2D eigenvalue weighted by atomic mass is 10.0. The Morgan fingerprint density at radius 3 is 2.56 bits per heavy atom. The Morgan fingerprint density at radius 1 is 1.15 bits per heavy atom. The maximum Gasteiger partial charge on any atom is 0.407 e. The van der Waals surface area contributed by atoms with Crippen molar-refractivity contribution in [2.75, 3.05) is 51.0 Å². The molecule has 5 atom stereocenters. The largest absolute Gasteiger partial charge is 0.443 e. The van der Waals surface area contributed by atoms with E-state index in [-0.39, 0.29) is 49.1 Å². The number of aliphatic hydroxyl groups is 1. The zero-order valence-corrected chi connectivity index (χ0v) is 24.9. The smallest absolute Gasteiger partial charge is 0.407 e. The number of amides is 1. The van der Waals surface area contributed by atoms with Crippen LogP contribution in [0.1, 0.15) is 25.8 Å². The van der Waals surface area contributed by atoms with Crippen molar-refractivity contribution in [2.24, 2.45) is 11.8 Å². The maximum absolute atomic E-state index is 13.8. The minimum absolute atomic E-state index is 0.0199. The van der Waals surface area contributed by atoms with Gasteiger partial charge < -0.3 is 35.3 Å². The number of nitrogen functional groups attached to an aromatic ring is 1. The van der Waals surface area contributed by atoms with E-state index in [2.05, 4.69) is 5.32 Å². The molecule has 2 heterocycles. The summed E-state index contributed by atoms with van der Waals surface area (Å²) in [5, 5.41) is 14.3. The van der Waals surface area contributed by atoms with Crippen LogP contribution in [0.25, 0.3) is 0 Å². The Labute approximate surface area is 242 Å². The van der Waals surface area contributed by atoms with Gasteiger partial charge in [0, 0.05) is 27.2 Å². The van der Waals surface area contributed by atoms with E-state index < -0.39 is 34.4 Å². The van der Waals surface area contributed by atoms with Crippen molar-refractivity contribution in [2.45, 2.75) is 56.1 Å². The van der Waals surface area contributed by atoms with Gasteiger partial charge in [0.25, 0.3) is 0 Å². The first-order valence-electron chi connectivity index (χ1n) is 13.9. The average molecular weight is 591 g/mol. The number of rotatable bonds is 12. The van der Waals surface area contributed by atoms with Gasteiger partial charge in [0.1, 0.15) is 6.10 Å². The van der Waals surface area contributed by atoms with Gasteiger partial charge in [-0.05, 0) is 42.5 Å². The monoisotopic (exact) mass is 590 g/mol. The highest BCUT2D eigenvalue weighted by atomic mass is 32.2. The number of benzene rings is 2. The van der Waals surface area contributed by atoms with Crippen LogP contribution in [0.15, 0.2) is 53.4 Å². The van der Waals surface area contributed by atoms with Gasteiger partial charge in [-0.1, -0.05) is 44.2 Å². The molecule has 12 heteroatoms. The Hall–Kier alpha value is -2.90. The van der Waals surface area contributed by atoms with E-state index in [1.54, 1.807) is 25.1 Å². The Balaban J connectivity index is 1.54. The molecule has 11 nitrogen and oxygen atoms in total. The summed E-state index contributed by atoms with van der Waals surface area (Å²) in [6.07, 6.45) is -1.74. The molecule has 226 valence electrons. The third kappa shape index (κ3) is 7.69. The SMILES string of the molecule is CC(C)CN(C[C@@H](O)[C@H](Cc1ccccc1)NC(=O)O[C@H]1CO[C@H]2OCC[C@H]21)S(=O)(=O)c1ccc(N)c(N(C)C)c1. The molecule has 1 amide bonds. The second-order valence-electron chi connectivity index (χ2n) is 11.3. The number of carbonyl (C=O) groups excluding carboxylic acids is 1. The van der Waals surface area contributed by atoms with Crippen molar-refractivity contribution in [3.05, 3.63) is 54.1 Å². The van der Waals surface area contributed by atoms with Gasteiger partial charge in [-0.2, -0.15) is 4.31 Å². The minimum Gasteiger partial charge on any atom is -0.443 e. The molecule has 0 spiro atoms. The fourth-order valence-corrected chi connectivity index (χ4v) is 6.90. The van der Waals surface area contributed by atoms with Crippen LogP contribution in [0, 0.1) is 11.8 Å². The average Bonchev–Trinajstić information content (AvgIpc) is 3.53. The van der Waals surface area contributed by atoms with E-state index in [0.29, 0.717) is 18.0 Å². The topological polar surface area (TPSA) is 144 Å². The standard InChI is InChI=1S/C29H42N4O7S/c1-19(2)16-33(41(36,37)21-10-11-23(30)25(15-21)32(3)4)17-26(34)24(14-20-8-6-5-7-9-20)31-29(35)40-27-18-39-28-22(27)12-13-38-28/h5-11,15,19,22,24,26-28,34H,12-14,16-18,30H2,1-4H3,(H,31,35)/t22-,24-,26+,27-,28+/m0/s1. The van der Waals surface area contributed by atoms with E-state index in [1.165, 1.54) is 16.4 Å². The molecule has 4 rings (SSSR count). The molecule has 2 saturated heterocycles. The van der Waals surface area contributed by atoms with Crippen LogP contribution in [0.2, 0.25) is 0 Å². The van der Waals surface area contributed by atoms with Crippen molar-refractivity contribution in [3.8, 4) is 0 Å². The normalized spacial score (nSPS) is 22.0. The molecule has 2 aromatic rings. The number of alkyl carbamates (subject to hydrolysis) is 1. The van der Waals surface area contributed by atoms with Gasteiger partial charge in [-0.25, -0.2) is 13.2 Å². The molecule has 41 heavy (non-hydrogen) atoms. The molecular weight excluding hydrogens is 548 g/mol. The number of hydrogen-bond acceptors (Lipinski definition) is 9. The van der Waals surface area contributed by atoms with Gasteiger partial charge in [0.05, 0.1) is 47.5 Å². The Kier molecular flexibility index (Phi) is 10.1. The lowest BCUT2D eigenvalue weighted by Gasteiger charge is -2.31. The van der Waals surface area contributed by atoms with Crippen molar-refractivity contribution >= 4 is 27.5 Å². The predicted octanol–water partition coefficient (Wildman–Crippen LogP) is 2.44. The van der Waals surface area contributed by atoms with Crippen LogP contribution in [-0.4, -0.2) is 88.9 Å². The first kappa shape index (κ1) is 31.0. The number of hydrogen-bond donors (Lipinski definition) is 3. The third-order valence-corrected chi connectivity index (χ3v) is 9.22. The van der Waals surface area contributed by atoms with Gasteiger partial charge in [-0.15, -0.1) is 0 Å². The molecule has 0 radical (unpaired) electrons. The molecular formula is C29H42N4O7S. The van der Waals surface area contributed by atoms with Crippen molar-refractivity contribution in [1.29, 1.82) is 0 Å². The zero-order valence-electron chi connectivity index (χ0n) is 24.1. The highest BCUT2D eigenvalue weighted by molar-refractivity contribution is 7.89. The van der Waals surface area contributed by atoms with E-state index in [9.17, 15) is 18.3 Å². The first-order valence-corrected chi connectivity index (χ1v) is 15.4. The van der Waals surface area contributed by atoms with Crippen LogP contribution in [0.3, 0.4) is 0 Å². The lowest BCUT2D eigenvalue weighted by Crippen LogP contribution is -2.51. The summed E-state index contributed by atoms with van der Waals surface area (Å²) in [4.78, 5) is 14.8. The minimum atomic E-state index is -4.01. The Morgan fingerprint density at radius 2 is 1.88 bits per heavy atom. The fourth-order valence-electron chi connectivity index (χ4n) is 5.26. The van der Waals surface area contributed by atoms with Gasteiger partial charge in [0.2, 0.25) is 10.0 Å². The number of sulfonamides is 1. The molecule has 0 saturated carbocycles. The summed E-state index contributed by atoms with van der Waals surface area (Å²) in [5.74, 6) is -0.0506. The number of carbonyl (C=O) groups is 1. The van der Waals surface area contributed by atoms with Gasteiger partial charge in [-0.3, -0.25) is 0 Å². The molecule has 2 aromatic carbocycles. The Bertz CT molecular complexity index is 1280.